The third-order valence-corrected chi connectivity index (χ3v) is 9.84. The minimum Gasteiger partial charge on any atom is -0.469 e. The highest BCUT2D eigenvalue weighted by Gasteiger charge is 2.58. The third kappa shape index (κ3) is 3.16. The van der Waals surface area contributed by atoms with Gasteiger partial charge >= 0.3 is 5.97 Å². The molecule has 158 valence electrons. The Labute approximate surface area is 171 Å². The molecule has 1 N–H and O–H groups in total. The van der Waals surface area contributed by atoms with Crippen LogP contribution in [0.25, 0.3) is 0 Å². The number of rotatable bonds is 4. The quantitative estimate of drug-likeness (QED) is 0.510. The standard InChI is InChI=1S/C25H40O3/c1-16(5-10-23(27)28-4)20-8-9-21-19-7-6-17-15-18(26)11-13-24(17,2)22(19)12-14-25(20,21)3/h7,16-18,20-22,26H,5-6,8-15H2,1-4H3/t16?,17?,18?,20?,21?,22?,24-,25-/m1/s1. The summed E-state index contributed by atoms with van der Waals surface area (Å²) in [6.07, 6.45) is 13.7. The molecule has 4 aliphatic rings. The van der Waals surface area contributed by atoms with Crippen molar-refractivity contribution >= 4 is 5.97 Å². The van der Waals surface area contributed by atoms with E-state index in [2.05, 4.69) is 26.8 Å². The first kappa shape index (κ1) is 20.4. The molecule has 28 heavy (non-hydrogen) atoms. The van der Waals surface area contributed by atoms with Gasteiger partial charge in [-0.15, -0.1) is 0 Å². The van der Waals surface area contributed by atoms with Crippen LogP contribution in [0.3, 0.4) is 0 Å². The van der Waals surface area contributed by atoms with Gasteiger partial charge in [-0.2, -0.15) is 0 Å². The Balaban J connectivity index is 1.52. The number of allylic oxidation sites excluding steroid dienone is 2. The number of hydrogen-bond donors (Lipinski definition) is 1. The lowest BCUT2D eigenvalue weighted by molar-refractivity contribution is -0.141. The van der Waals surface area contributed by atoms with Crippen LogP contribution in [0, 0.1) is 40.4 Å². The van der Waals surface area contributed by atoms with E-state index >= 15 is 0 Å². The first-order valence-electron chi connectivity index (χ1n) is 11.7. The van der Waals surface area contributed by atoms with Gasteiger partial charge in [0.25, 0.3) is 0 Å². The summed E-state index contributed by atoms with van der Waals surface area (Å²) < 4.78 is 4.87. The lowest BCUT2D eigenvalue weighted by Crippen LogP contribution is -2.49. The molecule has 0 saturated heterocycles. The minimum absolute atomic E-state index is 0.0660. The molecule has 0 aromatic carbocycles. The van der Waals surface area contributed by atoms with Crippen LogP contribution in [-0.2, 0) is 9.53 Å². The second-order valence-electron chi connectivity index (χ2n) is 11.0. The molecule has 3 nitrogen and oxygen atoms in total. The number of hydrogen-bond acceptors (Lipinski definition) is 3. The smallest absolute Gasteiger partial charge is 0.305 e. The molecular weight excluding hydrogens is 348 g/mol. The van der Waals surface area contributed by atoms with E-state index in [4.69, 9.17) is 4.74 Å². The molecule has 3 saturated carbocycles. The molecular formula is C25H40O3. The Morgan fingerprint density at radius 2 is 1.89 bits per heavy atom. The summed E-state index contributed by atoms with van der Waals surface area (Å²) in [5.74, 6) is 3.39. The van der Waals surface area contributed by atoms with Gasteiger partial charge in [0.1, 0.15) is 0 Å². The van der Waals surface area contributed by atoms with Gasteiger partial charge in [0, 0.05) is 6.42 Å². The Morgan fingerprint density at radius 3 is 2.64 bits per heavy atom. The van der Waals surface area contributed by atoms with E-state index in [0.717, 1.165) is 37.0 Å². The second-order valence-corrected chi connectivity index (χ2v) is 11.0. The van der Waals surface area contributed by atoms with Crippen molar-refractivity contribution in [1.29, 1.82) is 0 Å². The van der Waals surface area contributed by atoms with Crippen molar-refractivity contribution in [1.82, 2.24) is 0 Å². The number of esters is 1. The Bertz CT molecular complexity index is 640. The highest BCUT2D eigenvalue weighted by molar-refractivity contribution is 5.69. The SMILES string of the molecule is COC(=O)CCC(C)C1CCC2C3=CCC4CC(O)CC[C@@]4(C)C3CC[C@@]21C. The predicted octanol–water partition coefficient (Wildman–Crippen LogP) is 5.52. The molecule has 0 spiro atoms. The molecule has 0 aromatic rings. The summed E-state index contributed by atoms with van der Waals surface area (Å²) in [6.45, 7) is 7.46. The summed E-state index contributed by atoms with van der Waals surface area (Å²) >= 11 is 0. The maximum Gasteiger partial charge on any atom is 0.305 e. The Hall–Kier alpha value is -0.830. The van der Waals surface area contributed by atoms with Crippen molar-refractivity contribution in [3.63, 3.8) is 0 Å². The van der Waals surface area contributed by atoms with E-state index in [-0.39, 0.29) is 12.1 Å². The van der Waals surface area contributed by atoms with Crippen LogP contribution >= 0.6 is 0 Å². The Morgan fingerprint density at radius 1 is 1.18 bits per heavy atom. The first-order chi connectivity index (χ1) is 13.3. The lowest BCUT2D eigenvalue weighted by Gasteiger charge is -2.57. The van der Waals surface area contributed by atoms with E-state index in [0.29, 0.717) is 29.1 Å². The van der Waals surface area contributed by atoms with Gasteiger partial charge in [-0.1, -0.05) is 32.4 Å². The van der Waals surface area contributed by atoms with E-state index in [9.17, 15) is 9.90 Å². The zero-order valence-corrected chi connectivity index (χ0v) is 18.4. The number of ether oxygens (including phenoxy) is 1. The second kappa shape index (κ2) is 7.45. The molecule has 4 aliphatic carbocycles. The highest BCUT2D eigenvalue weighted by atomic mass is 16.5. The fourth-order valence-electron chi connectivity index (χ4n) is 8.11. The molecule has 6 unspecified atom stereocenters. The molecule has 0 radical (unpaired) electrons. The number of methoxy groups -OCH3 is 1. The van der Waals surface area contributed by atoms with Crippen molar-refractivity contribution in [2.45, 2.75) is 91.1 Å². The fourth-order valence-corrected chi connectivity index (χ4v) is 8.11. The van der Waals surface area contributed by atoms with Crippen LogP contribution in [0.15, 0.2) is 11.6 Å². The summed E-state index contributed by atoms with van der Waals surface area (Å²) in [5.41, 5.74) is 2.58. The fraction of sp³-hybridized carbons (Fsp3) is 0.880. The molecule has 0 amide bonds. The van der Waals surface area contributed by atoms with Crippen molar-refractivity contribution in [2.24, 2.45) is 40.4 Å². The van der Waals surface area contributed by atoms with Gasteiger partial charge in [-0.3, -0.25) is 4.79 Å². The zero-order chi connectivity index (χ0) is 20.1. The molecule has 3 heteroatoms. The lowest BCUT2D eigenvalue weighted by atomic mass is 9.47. The van der Waals surface area contributed by atoms with Gasteiger partial charge in [-0.05, 0) is 98.2 Å². The first-order valence-corrected chi connectivity index (χ1v) is 11.7. The van der Waals surface area contributed by atoms with Crippen LogP contribution < -0.4 is 0 Å². The molecule has 8 atom stereocenters. The summed E-state index contributed by atoms with van der Waals surface area (Å²) in [4.78, 5) is 11.6. The topological polar surface area (TPSA) is 46.5 Å². The summed E-state index contributed by atoms with van der Waals surface area (Å²) in [7, 11) is 1.49. The molecule has 4 rings (SSSR count). The van der Waals surface area contributed by atoms with Gasteiger partial charge in [-0.25, -0.2) is 0 Å². The maximum absolute atomic E-state index is 11.6. The Kier molecular flexibility index (Phi) is 5.44. The van der Waals surface area contributed by atoms with Crippen molar-refractivity contribution in [3.8, 4) is 0 Å². The summed E-state index contributed by atoms with van der Waals surface area (Å²) in [5, 5.41) is 10.2. The monoisotopic (exact) mass is 388 g/mol. The number of aliphatic hydroxyl groups excluding tert-OH is 1. The number of carbonyl (C=O) groups is 1. The van der Waals surface area contributed by atoms with E-state index in [1.807, 2.05) is 0 Å². The third-order valence-electron chi connectivity index (χ3n) is 9.84. The molecule has 0 bridgehead atoms. The van der Waals surface area contributed by atoms with Crippen LogP contribution in [-0.4, -0.2) is 24.3 Å². The van der Waals surface area contributed by atoms with Crippen LogP contribution in [0.1, 0.15) is 85.0 Å². The number of carbonyl (C=O) groups excluding carboxylic acids is 1. The average Bonchev–Trinajstić information content (AvgIpc) is 3.03. The normalized spacial score (nSPS) is 46.0. The largest absolute Gasteiger partial charge is 0.469 e. The average molecular weight is 389 g/mol. The molecule has 0 heterocycles. The van der Waals surface area contributed by atoms with Gasteiger partial charge < -0.3 is 9.84 Å². The van der Waals surface area contributed by atoms with E-state index < -0.39 is 0 Å². The molecule has 3 fully saturated rings. The highest BCUT2D eigenvalue weighted by Crippen LogP contribution is 2.66. The number of aliphatic hydroxyl groups is 1. The maximum atomic E-state index is 11.6. The molecule has 0 aliphatic heterocycles. The van der Waals surface area contributed by atoms with Gasteiger partial charge in [0.05, 0.1) is 13.2 Å². The van der Waals surface area contributed by atoms with Crippen molar-refractivity contribution in [3.05, 3.63) is 11.6 Å². The van der Waals surface area contributed by atoms with Crippen molar-refractivity contribution in [2.75, 3.05) is 7.11 Å². The molecule has 0 aromatic heterocycles. The van der Waals surface area contributed by atoms with E-state index in [1.54, 1.807) is 5.57 Å². The summed E-state index contributed by atoms with van der Waals surface area (Å²) in [6, 6.07) is 0. The zero-order valence-electron chi connectivity index (χ0n) is 18.4. The number of fused-ring (bicyclic) bond motifs is 5. The van der Waals surface area contributed by atoms with Gasteiger partial charge in [0.15, 0.2) is 0 Å². The van der Waals surface area contributed by atoms with Crippen LogP contribution in [0.4, 0.5) is 0 Å². The van der Waals surface area contributed by atoms with Gasteiger partial charge in [0.2, 0.25) is 0 Å². The predicted molar refractivity (Wildman–Crippen MR) is 112 cm³/mol. The van der Waals surface area contributed by atoms with Crippen LogP contribution in [0.5, 0.6) is 0 Å². The van der Waals surface area contributed by atoms with E-state index in [1.165, 1.54) is 45.6 Å². The van der Waals surface area contributed by atoms with Crippen LogP contribution in [0.2, 0.25) is 0 Å². The minimum atomic E-state index is -0.0756. The van der Waals surface area contributed by atoms with Crippen molar-refractivity contribution < 1.29 is 14.6 Å².